The van der Waals surface area contributed by atoms with Gasteiger partial charge in [0, 0.05) is 17.8 Å². The fourth-order valence-electron chi connectivity index (χ4n) is 2.22. The number of hydrogen-bond donors (Lipinski definition) is 3. The molecule has 23 heavy (non-hydrogen) atoms. The van der Waals surface area contributed by atoms with Gasteiger partial charge in [0.15, 0.2) is 0 Å². The molecule has 3 aromatic rings. The Morgan fingerprint density at radius 2 is 2.39 bits per heavy atom. The lowest BCUT2D eigenvalue weighted by Gasteiger charge is -2.10. The monoisotopic (exact) mass is 334 g/mol. The van der Waals surface area contributed by atoms with Crippen LogP contribution in [0.5, 0.6) is 0 Å². The summed E-state index contributed by atoms with van der Waals surface area (Å²) < 4.78 is 5.36. The molecule has 8 nitrogen and oxygen atoms in total. The maximum absolute atomic E-state index is 12.2. The van der Waals surface area contributed by atoms with E-state index >= 15 is 0 Å². The van der Waals surface area contributed by atoms with Crippen molar-refractivity contribution in [2.75, 3.05) is 6.54 Å². The fourth-order valence-corrected chi connectivity index (χ4v) is 3.18. The number of fused-ring (bicyclic) bond motifs is 1. The van der Waals surface area contributed by atoms with E-state index in [1.165, 1.54) is 17.6 Å². The van der Waals surface area contributed by atoms with Crippen LogP contribution in [-0.2, 0) is 6.42 Å². The Labute approximate surface area is 134 Å². The van der Waals surface area contributed by atoms with Crippen LogP contribution in [0.4, 0.5) is 4.79 Å². The molecule has 0 saturated carbocycles. The first-order chi connectivity index (χ1) is 11.0. The van der Waals surface area contributed by atoms with Gasteiger partial charge in [-0.05, 0) is 12.0 Å². The fraction of sp³-hybridized carbons (Fsp3) is 0.286. The molecular formula is C14H14N4O4S. The maximum atomic E-state index is 12.2. The van der Waals surface area contributed by atoms with Gasteiger partial charge in [-0.3, -0.25) is 4.79 Å². The van der Waals surface area contributed by atoms with Gasteiger partial charge in [-0.25, -0.2) is 9.78 Å². The molecule has 0 radical (unpaired) electrons. The number of H-pyrrole nitrogens is 1. The molecule has 120 valence electrons. The van der Waals surface area contributed by atoms with Gasteiger partial charge in [-0.15, -0.1) is 11.3 Å². The summed E-state index contributed by atoms with van der Waals surface area (Å²) in [5, 5.41) is 14.6. The summed E-state index contributed by atoms with van der Waals surface area (Å²) in [6.07, 6.45) is 2.51. The Morgan fingerprint density at radius 3 is 3.09 bits per heavy atom. The highest BCUT2D eigenvalue weighted by Gasteiger charge is 2.13. The second-order valence-corrected chi connectivity index (χ2v) is 6.30. The van der Waals surface area contributed by atoms with Crippen LogP contribution in [0.25, 0.3) is 20.7 Å². The average molecular weight is 334 g/mol. The van der Waals surface area contributed by atoms with Crippen molar-refractivity contribution in [2.45, 2.75) is 13.3 Å². The number of nitrogens with zero attached hydrogens (tertiary/aromatic N) is 2. The molecule has 1 atom stereocenters. The van der Waals surface area contributed by atoms with Crippen LogP contribution in [0.2, 0.25) is 0 Å². The van der Waals surface area contributed by atoms with Gasteiger partial charge >= 0.3 is 6.09 Å². The molecule has 0 fully saturated rings. The Morgan fingerprint density at radius 1 is 1.57 bits per heavy atom. The minimum absolute atomic E-state index is 0.0166. The molecule has 0 bridgehead atoms. The average Bonchev–Trinajstić information content (AvgIpc) is 3.13. The van der Waals surface area contributed by atoms with E-state index in [0.29, 0.717) is 29.0 Å². The minimum atomic E-state index is -1.06. The van der Waals surface area contributed by atoms with E-state index in [1.807, 2.05) is 13.0 Å². The van der Waals surface area contributed by atoms with Gasteiger partial charge < -0.3 is 19.9 Å². The number of amides is 1. The molecule has 0 aliphatic heterocycles. The highest BCUT2D eigenvalue weighted by Crippen LogP contribution is 2.30. The normalized spacial score (nSPS) is 12.4. The zero-order chi connectivity index (χ0) is 16.4. The summed E-state index contributed by atoms with van der Waals surface area (Å²) in [6, 6.07) is 1.82. The van der Waals surface area contributed by atoms with E-state index in [2.05, 4.69) is 20.4 Å². The molecule has 0 saturated heterocycles. The van der Waals surface area contributed by atoms with Gasteiger partial charge in [0.25, 0.3) is 5.56 Å². The van der Waals surface area contributed by atoms with Crippen LogP contribution in [0.3, 0.4) is 0 Å². The first kappa shape index (κ1) is 15.2. The minimum Gasteiger partial charge on any atom is -0.465 e. The maximum Gasteiger partial charge on any atom is 0.404 e. The topological polar surface area (TPSA) is 121 Å². The predicted octanol–water partition coefficient (Wildman–Crippen LogP) is 2.09. The van der Waals surface area contributed by atoms with Crippen LogP contribution in [0, 0.1) is 5.92 Å². The summed E-state index contributed by atoms with van der Waals surface area (Å²) in [4.78, 5) is 30.8. The third-order valence-electron chi connectivity index (χ3n) is 3.29. The number of aromatic amines is 1. The first-order valence-corrected chi connectivity index (χ1v) is 7.74. The number of rotatable bonds is 5. The van der Waals surface area contributed by atoms with Gasteiger partial charge in [-0.1, -0.05) is 12.1 Å². The molecule has 3 N–H and O–H groups in total. The predicted molar refractivity (Wildman–Crippen MR) is 84.6 cm³/mol. The third-order valence-corrected chi connectivity index (χ3v) is 4.46. The number of carboxylic acid groups (broad SMARTS) is 1. The van der Waals surface area contributed by atoms with E-state index in [4.69, 9.17) is 9.63 Å². The van der Waals surface area contributed by atoms with Crippen LogP contribution in [0.1, 0.15) is 12.7 Å². The van der Waals surface area contributed by atoms with Crippen molar-refractivity contribution in [3.8, 4) is 10.4 Å². The van der Waals surface area contributed by atoms with Crippen molar-refractivity contribution in [2.24, 2.45) is 5.92 Å². The highest BCUT2D eigenvalue weighted by molar-refractivity contribution is 7.22. The molecule has 0 aliphatic carbocycles. The van der Waals surface area contributed by atoms with Crippen molar-refractivity contribution in [1.29, 1.82) is 0 Å². The van der Waals surface area contributed by atoms with Gasteiger partial charge in [-0.2, -0.15) is 0 Å². The molecule has 0 unspecified atom stereocenters. The van der Waals surface area contributed by atoms with E-state index in [1.54, 1.807) is 6.20 Å². The standard InChI is InChI=1S/C14H14N4O4S/c1-7(4-15-14(20)21)2-11-17-9-3-10(8-5-16-22-6-8)23-12(9)13(19)18-11/h3,5-7,15H,2,4H2,1H3,(H,20,21)(H,17,18,19)/t7-/m0/s1. The van der Waals surface area contributed by atoms with E-state index in [9.17, 15) is 9.59 Å². The zero-order valence-corrected chi connectivity index (χ0v) is 13.0. The number of carbonyl (C=O) groups is 1. The molecule has 0 spiro atoms. The SMILES string of the molecule is C[C@H](CNC(=O)O)Cc1nc2cc(-c3cnoc3)sc2c(=O)[nH]1. The van der Waals surface area contributed by atoms with Gasteiger partial charge in [0.1, 0.15) is 16.8 Å². The third kappa shape index (κ3) is 3.39. The Balaban J connectivity index is 1.86. The molecule has 9 heteroatoms. The molecule has 0 aromatic carbocycles. The molecule has 3 aromatic heterocycles. The van der Waals surface area contributed by atoms with Crippen molar-refractivity contribution in [3.05, 3.63) is 34.7 Å². The molecule has 1 amide bonds. The summed E-state index contributed by atoms with van der Waals surface area (Å²) in [5.41, 5.74) is 1.22. The van der Waals surface area contributed by atoms with E-state index in [0.717, 1.165) is 10.4 Å². The van der Waals surface area contributed by atoms with Crippen LogP contribution >= 0.6 is 11.3 Å². The quantitative estimate of drug-likeness (QED) is 0.657. The van der Waals surface area contributed by atoms with E-state index < -0.39 is 6.09 Å². The molecular weight excluding hydrogens is 320 g/mol. The van der Waals surface area contributed by atoms with E-state index in [-0.39, 0.29) is 11.5 Å². The second kappa shape index (κ2) is 6.21. The van der Waals surface area contributed by atoms with Crippen molar-refractivity contribution in [1.82, 2.24) is 20.4 Å². The number of aromatic nitrogens is 3. The van der Waals surface area contributed by atoms with Crippen LogP contribution in [-0.4, -0.2) is 32.9 Å². The summed E-state index contributed by atoms with van der Waals surface area (Å²) in [7, 11) is 0. The zero-order valence-electron chi connectivity index (χ0n) is 12.2. The van der Waals surface area contributed by atoms with Crippen LogP contribution in [0.15, 0.2) is 27.8 Å². The van der Waals surface area contributed by atoms with Crippen molar-refractivity contribution < 1.29 is 14.4 Å². The molecule has 0 aliphatic rings. The summed E-state index contributed by atoms with van der Waals surface area (Å²) in [6.45, 7) is 2.18. The van der Waals surface area contributed by atoms with Crippen LogP contribution < -0.4 is 10.9 Å². The van der Waals surface area contributed by atoms with Crippen molar-refractivity contribution in [3.63, 3.8) is 0 Å². The first-order valence-electron chi connectivity index (χ1n) is 6.92. The van der Waals surface area contributed by atoms with Gasteiger partial charge in [0.2, 0.25) is 0 Å². The Kier molecular flexibility index (Phi) is 4.11. The number of nitrogens with one attached hydrogen (secondary N) is 2. The lowest BCUT2D eigenvalue weighted by atomic mass is 10.1. The number of thiophene rings is 1. The largest absolute Gasteiger partial charge is 0.465 e. The second-order valence-electron chi connectivity index (χ2n) is 5.25. The summed E-state index contributed by atoms with van der Waals surface area (Å²) in [5.74, 6) is 0.555. The lowest BCUT2D eigenvalue weighted by Crippen LogP contribution is -2.28. The molecule has 3 heterocycles. The smallest absolute Gasteiger partial charge is 0.404 e. The summed E-state index contributed by atoms with van der Waals surface area (Å²) >= 11 is 1.33. The lowest BCUT2D eigenvalue weighted by molar-refractivity contribution is 0.192. The highest BCUT2D eigenvalue weighted by atomic mass is 32.1. The van der Waals surface area contributed by atoms with Gasteiger partial charge in [0.05, 0.1) is 17.3 Å². The Hall–Kier alpha value is -2.68. The molecule has 3 rings (SSSR count). The van der Waals surface area contributed by atoms with Crippen molar-refractivity contribution >= 4 is 27.6 Å². The number of hydrogen-bond acceptors (Lipinski definition) is 6. The Bertz CT molecular complexity index is 884.